The number of nitrogens with one attached hydrogen (secondary N) is 2. The molecule has 0 aliphatic heterocycles. The van der Waals surface area contributed by atoms with Crippen molar-refractivity contribution >= 4 is 60.6 Å². The van der Waals surface area contributed by atoms with Crippen molar-refractivity contribution in [2.75, 3.05) is 60.5 Å². The van der Waals surface area contributed by atoms with Crippen molar-refractivity contribution in [2.45, 2.75) is 218 Å². The second-order valence-electron chi connectivity index (χ2n) is 25.0. The molecule has 0 radical (unpaired) electrons. The normalized spacial score (nSPS) is 20.8. The van der Waals surface area contributed by atoms with Crippen molar-refractivity contribution in [1.29, 1.82) is 0 Å². The summed E-state index contributed by atoms with van der Waals surface area (Å²) in [5, 5.41) is 6.30. The Bertz CT molecular complexity index is 1780. The first-order chi connectivity index (χ1) is 33.4. The number of amides is 2. The van der Waals surface area contributed by atoms with E-state index < -0.39 is 30.9 Å². The standard InChI is InChI=1S/C25H47NO7Si2.C22H43NO4Si.C7H12O3.2CH4/c1-19(2)23(29)32-14-13-31-22(28)11-12-25(5)16-20(15-24(3,4)18-25)26-21(27)17-34(7,8)33-35(9,10)30-6;1-18(24)9-10-22(4)16-19(15-21(2,3)17-22)23-20(25)27-13-12-26-11-8-14-28(5,6)7;1-6(2)7(8)10-5-4-9-3;;/h20H,1,11-18H2,2-10H3,(H,26,27);19H,8-17H2,1-7H3,(H,23,25);1,4-5H2,2-3H3;2*1H4. The third-order valence-electron chi connectivity index (χ3n) is 12.7. The highest BCUT2D eigenvalue weighted by molar-refractivity contribution is 6.83. The summed E-state index contributed by atoms with van der Waals surface area (Å²) in [4.78, 5) is 70.8. The van der Waals surface area contributed by atoms with Crippen molar-refractivity contribution in [3.05, 3.63) is 24.3 Å². The van der Waals surface area contributed by atoms with E-state index in [-0.39, 0.29) is 105 Å². The molecule has 0 aromatic rings. The van der Waals surface area contributed by atoms with Crippen LogP contribution in [0.25, 0.3) is 0 Å². The van der Waals surface area contributed by atoms with Crippen LogP contribution in [0.15, 0.2) is 24.3 Å². The third-order valence-corrected chi connectivity index (χ3v) is 20.8. The molecular weight excluding hydrogens is 1010 g/mol. The number of esters is 3. The molecule has 0 bridgehead atoms. The number of hydrogen-bond acceptors (Lipinski definition) is 14. The molecule has 4 unspecified atom stereocenters. The molecule has 2 rings (SSSR count). The molecule has 0 saturated heterocycles. The molecule has 0 aromatic heterocycles. The quantitative estimate of drug-likeness (QED) is 0.0246. The molecule has 2 saturated carbocycles. The summed E-state index contributed by atoms with van der Waals surface area (Å²) >= 11 is 0. The fourth-order valence-corrected chi connectivity index (χ4v) is 18.2. The summed E-state index contributed by atoms with van der Waals surface area (Å²) in [5.74, 6) is -0.906. The molecule has 2 fully saturated rings. The monoisotopic (exact) mass is 1120 g/mol. The van der Waals surface area contributed by atoms with Crippen LogP contribution in [0.4, 0.5) is 4.79 Å². The van der Waals surface area contributed by atoms with Crippen LogP contribution in [-0.4, -0.2) is 133 Å². The van der Waals surface area contributed by atoms with Crippen LogP contribution in [0.3, 0.4) is 0 Å². The van der Waals surface area contributed by atoms with Gasteiger partial charge in [-0.15, -0.1) is 0 Å². The SMILES string of the molecule is C.C.C=C(C)C(=O)OCCOC.C=C(C)C(=O)OCCOC(=O)CCC1(C)CC(NC(=O)C[Si](C)(C)O[Si](C)(C)OC)CC(C)(C)C1.CC(=O)CCC1(C)CC(NC(=O)OCCOCCC[Si](C)(C)C)CC(C)(C)C1. The Morgan fingerprint density at radius 3 is 1.49 bits per heavy atom. The van der Waals surface area contributed by atoms with Gasteiger partial charge in [-0.3, -0.25) is 9.59 Å². The molecule has 2 amide bonds. The fraction of sp³-hybridized carbons (Fsp3) is 0.821. The van der Waals surface area contributed by atoms with E-state index in [0.717, 1.165) is 58.0 Å². The average Bonchev–Trinajstić information content (AvgIpc) is 3.21. The van der Waals surface area contributed by atoms with Crippen LogP contribution in [0, 0.1) is 21.7 Å². The van der Waals surface area contributed by atoms with Crippen LogP contribution in [0.5, 0.6) is 0 Å². The van der Waals surface area contributed by atoms with Gasteiger partial charge in [-0.2, -0.15) is 0 Å². The van der Waals surface area contributed by atoms with E-state index in [2.05, 4.69) is 108 Å². The minimum Gasteiger partial charge on any atom is -0.462 e. The number of alkyl carbamates (subject to hydrolysis) is 1. The van der Waals surface area contributed by atoms with E-state index in [4.69, 9.17) is 27.5 Å². The molecule has 440 valence electrons. The molecule has 2 aliphatic rings. The zero-order valence-corrected chi connectivity index (χ0v) is 51.9. The van der Waals surface area contributed by atoms with Crippen molar-refractivity contribution in [1.82, 2.24) is 10.6 Å². The lowest BCUT2D eigenvalue weighted by atomic mass is 9.61. The van der Waals surface area contributed by atoms with E-state index in [9.17, 15) is 28.8 Å². The van der Waals surface area contributed by atoms with Gasteiger partial charge in [0, 0.05) is 71.0 Å². The molecule has 2 aliphatic carbocycles. The second-order valence-corrected chi connectivity index (χ2v) is 38.5. The van der Waals surface area contributed by atoms with Crippen molar-refractivity contribution in [3.8, 4) is 0 Å². The Kier molecular flexibility index (Phi) is 35.8. The van der Waals surface area contributed by atoms with Crippen molar-refractivity contribution in [2.24, 2.45) is 21.7 Å². The van der Waals surface area contributed by atoms with Gasteiger partial charge in [-0.1, -0.05) is 95.2 Å². The van der Waals surface area contributed by atoms with Gasteiger partial charge in [0.1, 0.15) is 32.2 Å². The Labute approximate surface area is 459 Å². The molecule has 16 nitrogen and oxygen atoms in total. The maximum Gasteiger partial charge on any atom is 0.407 e. The molecule has 4 atom stereocenters. The number of rotatable bonds is 28. The maximum absolute atomic E-state index is 12.9. The van der Waals surface area contributed by atoms with Crippen LogP contribution in [0.2, 0.25) is 57.9 Å². The lowest BCUT2D eigenvalue weighted by Gasteiger charge is -2.47. The third kappa shape index (κ3) is 38.1. The summed E-state index contributed by atoms with van der Waals surface area (Å²) in [5.41, 5.74) is 0.881. The molecule has 0 aromatic carbocycles. The molecule has 0 heterocycles. The number of carbonyl (C=O) groups is 6. The Morgan fingerprint density at radius 2 is 1.04 bits per heavy atom. The van der Waals surface area contributed by atoms with Crippen LogP contribution in [0.1, 0.15) is 148 Å². The molecular formula is C56H110N2O14Si3. The van der Waals surface area contributed by atoms with E-state index in [1.807, 2.05) is 13.1 Å². The summed E-state index contributed by atoms with van der Waals surface area (Å²) < 4.78 is 42.2. The minimum atomic E-state index is -2.21. The van der Waals surface area contributed by atoms with E-state index >= 15 is 0 Å². The fourth-order valence-electron chi connectivity index (χ4n) is 10.2. The Hall–Kier alpha value is -3.21. The lowest BCUT2D eigenvalue weighted by Crippen LogP contribution is -2.51. The highest BCUT2D eigenvalue weighted by Crippen LogP contribution is 2.49. The lowest BCUT2D eigenvalue weighted by molar-refractivity contribution is -0.150. The molecule has 2 N–H and O–H groups in total. The zero-order valence-electron chi connectivity index (χ0n) is 48.9. The first kappa shape index (κ1) is 76.0. The molecule has 75 heavy (non-hydrogen) atoms. The van der Waals surface area contributed by atoms with Gasteiger partial charge >= 0.3 is 32.6 Å². The predicted octanol–water partition coefficient (Wildman–Crippen LogP) is 12.1. The summed E-state index contributed by atoms with van der Waals surface area (Å²) in [7, 11) is -2.21. The van der Waals surface area contributed by atoms with Gasteiger partial charge in [0.25, 0.3) is 0 Å². The van der Waals surface area contributed by atoms with Gasteiger partial charge in [0.05, 0.1) is 13.2 Å². The largest absolute Gasteiger partial charge is 0.462 e. The van der Waals surface area contributed by atoms with Gasteiger partial charge in [-0.25, -0.2) is 14.4 Å². The topological polar surface area (TPSA) is 200 Å². The predicted molar refractivity (Wildman–Crippen MR) is 310 cm³/mol. The van der Waals surface area contributed by atoms with Gasteiger partial charge in [0.2, 0.25) is 5.91 Å². The summed E-state index contributed by atoms with van der Waals surface area (Å²) in [6, 6.07) is 1.79. The van der Waals surface area contributed by atoms with Gasteiger partial charge in [-0.05, 0) is 126 Å². The second kappa shape index (κ2) is 35.3. The van der Waals surface area contributed by atoms with E-state index in [1.54, 1.807) is 35.0 Å². The van der Waals surface area contributed by atoms with E-state index in [0.29, 0.717) is 49.9 Å². The Balaban J connectivity index is -0.00000116. The number of hydrogen-bond donors (Lipinski definition) is 2. The molecule has 19 heteroatoms. The Morgan fingerprint density at radius 1 is 0.587 bits per heavy atom. The maximum atomic E-state index is 12.9. The number of methoxy groups -OCH3 is 1. The number of ketones is 1. The van der Waals surface area contributed by atoms with Crippen LogP contribution in [-0.2, 0) is 60.9 Å². The van der Waals surface area contributed by atoms with Crippen LogP contribution < -0.4 is 10.6 Å². The molecule has 0 spiro atoms. The minimum absolute atomic E-state index is 0. The summed E-state index contributed by atoms with van der Waals surface area (Å²) in [6.45, 7) is 42.5. The van der Waals surface area contributed by atoms with Crippen LogP contribution >= 0.6 is 0 Å². The first-order valence-electron chi connectivity index (χ1n) is 26.2. The van der Waals surface area contributed by atoms with Gasteiger partial charge in [0.15, 0.2) is 8.32 Å². The number of Topliss-reactive ketones (excluding diaryl/α,β-unsaturated/α-hetero) is 1. The highest BCUT2D eigenvalue weighted by Gasteiger charge is 2.44. The number of ether oxygens (including phenoxy) is 6. The van der Waals surface area contributed by atoms with Gasteiger partial charge < -0.3 is 52.4 Å². The smallest absolute Gasteiger partial charge is 0.407 e. The van der Waals surface area contributed by atoms with Crippen molar-refractivity contribution in [3.63, 3.8) is 0 Å². The van der Waals surface area contributed by atoms with Crippen molar-refractivity contribution < 1.29 is 65.7 Å². The average molecular weight is 1120 g/mol. The first-order valence-corrected chi connectivity index (χ1v) is 35.9. The zero-order chi connectivity index (χ0) is 56.5. The highest BCUT2D eigenvalue weighted by atomic mass is 28.4. The summed E-state index contributed by atoms with van der Waals surface area (Å²) in [6.07, 6.45) is 8.75. The van der Waals surface area contributed by atoms with E-state index in [1.165, 1.54) is 6.04 Å². The number of carbonyl (C=O) groups excluding carboxylic acids is 6.